The van der Waals surface area contributed by atoms with E-state index >= 15 is 0 Å². The number of hydrogen-bond acceptors (Lipinski definition) is 4. The van der Waals surface area contributed by atoms with Gasteiger partial charge in [0.2, 0.25) is 0 Å². The molecule has 1 aliphatic carbocycles. The highest BCUT2D eigenvalue weighted by molar-refractivity contribution is 14.1. The van der Waals surface area contributed by atoms with Crippen molar-refractivity contribution in [2.45, 2.75) is 39.2 Å². The van der Waals surface area contributed by atoms with Crippen LogP contribution in [0.4, 0.5) is 5.82 Å². The Labute approximate surface area is 132 Å². The first-order valence-corrected chi connectivity index (χ1v) is 8.15. The number of rotatable bonds is 5. The molecule has 1 saturated carbocycles. The van der Waals surface area contributed by atoms with Gasteiger partial charge in [0.1, 0.15) is 11.5 Å². The standard InChI is InChI=1S/C14H18IN5/c1-3-10-12(15)14(17-4-2)19-13(18-10)11-7-16-8-20(11)9-5-6-9/h7-9H,3-6H2,1-2H3,(H,17,18,19). The van der Waals surface area contributed by atoms with Crippen molar-refractivity contribution in [3.05, 3.63) is 21.8 Å². The molecule has 2 aromatic rings. The van der Waals surface area contributed by atoms with Gasteiger partial charge >= 0.3 is 0 Å². The highest BCUT2D eigenvalue weighted by atomic mass is 127. The number of anilines is 1. The molecule has 1 aliphatic rings. The van der Waals surface area contributed by atoms with E-state index in [0.717, 1.165) is 39.6 Å². The number of aryl methyl sites for hydroxylation is 1. The molecule has 1 fully saturated rings. The fraction of sp³-hybridized carbons (Fsp3) is 0.500. The van der Waals surface area contributed by atoms with Gasteiger partial charge < -0.3 is 9.88 Å². The second-order valence-corrected chi connectivity index (χ2v) is 6.04. The first-order chi connectivity index (χ1) is 9.74. The molecule has 20 heavy (non-hydrogen) atoms. The van der Waals surface area contributed by atoms with Crippen LogP contribution in [-0.4, -0.2) is 26.1 Å². The molecule has 0 bridgehead atoms. The summed E-state index contributed by atoms with van der Waals surface area (Å²) in [5.41, 5.74) is 2.12. The summed E-state index contributed by atoms with van der Waals surface area (Å²) in [5.74, 6) is 1.71. The van der Waals surface area contributed by atoms with Gasteiger partial charge in [0, 0.05) is 12.6 Å². The molecule has 106 valence electrons. The van der Waals surface area contributed by atoms with Crippen molar-refractivity contribution in [1.29, 1.82) is 0 Å². The minimum atomic E-state index is 0.586. The van der Waals surface area contributed by atoms with Gasteiger partial charge in [0.25, 0.3) is 0 Å². The van der Waals surface area contributed by atoms with Crippen molar-refractivity contribution in [2.24, 2.45) is 0 Å². The monoisotopic (exact) mass is 383 g/mol. The number of halogens is 1. The number of hydrogen-bond donors (Lipinski definition) is 1. The number of nitrogens with zero attached hydrogens (tertiary/aromatic N) is 4. The van der Waals surface area contributed by atoms with Gasteiger partial charge in [-0.25, -0.2) is 15.0 Å². The van der Waals surface area contributed by atoms with Gasteiger partial charge in [-0.3, -0.25) is 0 Å². The molecule has 1 N–H and O–H groups in total. The predicted molar refractivity (Wildman–Crippen MR) is 87.8 cm³/mol. The molecule has 6 heteroatoms. The molecule has 0 spiro atoms. The topological polar surface area (TPSA) is 55.6 Å². The highest BCUT2D eigenvalue weighted by Gasteiger charge is 2.27. The first kappa shape index (κ1) is 13.8. The Kier molecular flexibility index (Phi) is 3.91. The molecule has 0 radical (unpaired) electrons. The van der Waals surface area contributed by atoms with E-state index in [0.29, 0.717) is 6.04 Å². The van der Waals surface area contributed by atoms with Crippen LogP contribution in [0.3, 0.4) is 0 Å². The molecule has 2 aromatic heterocycles. The lowest BCUT2D eigenvalue weighted by molar-refractivity contribution is 0.742. The van der Waals surface area contributed by atoms with Crippen LogP contribution in [0.25, 0.3) is 11.5 Å². The van der Waals surface area contributed by atoms with Crippen LogP contribution < -0.4 is 5.32 Å². The van der Waals surface area contributed by atoms with E-state index in [1.165, 1.54) is 12.8 Å². The van der Waals surface area contributed by atoms with E-state index in [2.05, 4.69) is 51.3 Å². The quantitative estimate of drug-likeness (QED) is 0.806. The zero-order valence-corrected chi connectivity index (χ0v) is 13.9. The summed E-state index contributed by atoms with van der Waals surface area (Å²) >= 11 is 2.32. The van der Waals surface area contributed by atoms with Crippen molar-refractivity contribution in [3.8, 4) is 11.5 Å². The molecule has 0 unspecified atom stereocenters. The lowest BCUT2D eigenvalue weighted by Crippen LogP contribution is -2.09. The summed E-state index contributed by atoms with van der Waals surface area (Å²) in [5, 5.41) is 3.33. The number of nitrogens with one attached hydrogen (secondary N) is 1. The van der Waals surface area contributed by atoms with Crippen LogP contribution in [0.1, 0.15) is 38.4 Å². The molecule has 5 nitrogen and oxygen atoms in total. The number of aromatic nitrogens is 4. The first-order valence-electron chi connectivity index (χ1n) is 7.07. The average Bonchev–Trinajstić information content (AvgIpc) is 3.19. The summed E-state index contributed by atoms with van der Waals surface area (Å²) in [6, 6.07) is 0.586. The van der Waals surface area contributed by atoms with Gasteiger partial charge in [-0.1, -0.05) is 6.92 Å². The Balaban J connectivity index is 2.08. The Morgan fingerprint density at radius 2 is 2.15 bits per heavy atom. The van der Waals surface area contributed by atoms with Crippen LogP contribution in [-0.2, 0) is 6.42 Å². The third-order valence-corrected chi connectivity index (χ3v) is 4.57. The zero-order valence-electron chi connectivity index (χ0n) is 11.7. The zero-order chi connectivity index (χ0) is 14.1. The minimum absolute atomic E-state index is 0.586. The summed E-state index contributed by atoms with van der Waals surface area (Å²) < 4.78 is 3.32. The van der Waals surface area contributed by atoms with Crippen molar-refractivity contribution in [3.63, 3.8) is 0 Å². The molecule has 2 heterocycles. The maximum absolute atomic E-state index is 4.73. The Hall–Kier alpha value is -1.18. The summed E-state index contributed by atoms with van der Waals surface area (Å²) in [6.45, 7) is 5.07. The Bertz CT molecular complexity index is 618. The smallest absolute Gasteiger partial charge is 0.180 e. The van der Waals surface area contributed by atoms with Crippen molar-refractivity contribution in [2.75, 3.05) is 11.9 Å². The van der Waals surface area contributed by atoms with Crippen molar-refractivity contribution < 1.29 is 0 Å². The summed E-state index contributed by atoms with van der Waals surface area (Å²) in [4.78, 5) is 13.7. The van der Waals surface area contributed by atoms with E-state index in [-0.39, 0.29) is 0 Å². The molecular formula is C14H18IN5. The predicted octanol–water partition coefficient (Wildman–Crippen LogP) is 3.27. The van der Waals surface area contributed by atoms with Gasteiger partial charge in [-0.05, 0) is 48.8 Å². The Morgan fingerprint density at radius 1 is 1.35 bits per heavy atom. The maximum atomic E-state index is 4.73. The molecule has 3 rings (SSSR count). The lowest BCUT2D eigenvalue weighted by Gasteiger charge is -2.12. The fourth-order valence-corrected chi connectivity index (χ4v) is 3.06. The lowest BCUT2D eigenvalue weighted by atomic mass is 10.3. The second-order valence-electron chi connectivity index (χ2n) is 4.96. The van der Waals surface area contributed by atoms with Crippen LogP contribution >= 0.6 is 22.6 Å². The van der Waals surface area contributed by atoms with E-state index < -0.39 is 0 Å². The normalized spacial score (nSPS) is 14.6. The van der Waals surface area contributed by atoms with Crippen LogP contribution in [0.5, 0.6) is 0 Å². The molecule has 0 atom stereocenters. The van der Waals surface area contributed by atoms with Crippen LogP contribution in [0, 0.1) is 3.57 Å². The van der Waals surface area contributed by atoms with Crippen LogP contribution in [0.15, 0.2) is 12.5 Å². The second kappa shape index (κ2) is 5.67. The molecule has 0 aliphatic heterocycles. The molecule has 0 aromatic carbocycles. The van der Waals surface area contributed by atoms with Crippen molar-refractivity contribution >= 4 is 28.4 Å². The van der Waals surface area contributed by atoms with Gasteiger partial charge in [0.05, 0.1) is 21.8 Å². The van der Waals surface area contributed by atoms with E-state index in [4.69, 9.17) is 9.97 Å². The van der Waals surface area contributed by atoms with E-state index in [1.54, 1.807) is 0 Å². The molecule has 0 amide bonds. The van der Waals surface area contributed by atoms with Crippen molar-refractivity contribution in [1.82, 2.24) is 19.5 Å². The van der Waals surface area contributed by atoms with Gasteiger partial charge in [-0.15, -0.1) is 0 Å². The molecule has 0 saturated heterocycles. The third-order valence-electron chi connectivity index (χ3n) is 3.43. The van der Waals surface area contributed by atoms with E-state index in [1.807, 2.05) is 12.5 Å². The average molecular weight is 383 g/mol. The minimum Gasteiger partial charge on any atom is -0.369 e. The Morgan fingerprint density at radius 3 is 2.80 bits per heavy atom. The maximum Gasteiger partial charge on any atom is 0.180 e. The van der Waals surface area contributed by atoms with Crippen LogP contribution in [0.2, 0.25) is 0 Å². The SMILES string of the molecule is CCNc1nc(-c2cncn2C2CC2)nc(CC)c1I. The van der Waals surface area contributed by atoms with E-state index in [9.17, 15) is 0 Å². The largest absolute Gasteiger partial charge is 0.369 e. The summed E-state index contributed by atoms with van der Waals surface area (Å²) in [6.07, 6.45) is 7.13. The highest BCUT2D eigenvalue weighted by Crippen LogP contribution is 2.38. The number of imidazole rings is 1. The third kappa shape index (κ3) is 2.53. The van der Waals surface area contributed by atoms with Gasteiger partial charge in [-0.2, -0.15) is 0 Å². The fourth-order valence-electron chi connectivity index (χ4n) is 2.25. The van der Waals surface area contributed by atoms with Gasteiger partial charge in [0.15, 0.2) is 5.82 Å². The molecular weight excluding hydrogens is 365 g/mol. The summed E-state index contributed by atoms with van der Waals surface area (Å²) in [7, 11) is 0.